The molecule has 3 N–H and O–H groups in total. The van der Waals surface area contributed by atoms with Crippen LogP contribution in [0.2, 0.25) is 0 Å². The van der Waals surface area contributed by atoms with Crippen LogP contribution in [0.4, 0.5) is 5.69 Å². The van der Waals surface area contributed by atoms with Gasteiger partial charge in [0.1, 0.15) is 10.4 Å². The van der Waals surface area contributed by atoms with Crippen LogP contribution in [0.5, 0.6) is 0 Å². The van der Waals surface area contributed by atoms with Crippen LogP contribution in [0.1, 0.15) is 28.9 Å². The van der Waals surface area contributed by atoms with Crippen LogP contribution in [-0.4, -0.2) is 17.4 Å². The van der Waals surface area contributed by atoms with E-state index >= 15 is 0 Å². The van der Waals surface area contributed by atoms with Gasteiger partial charge in [0.25, 0.3) is 5.91 Å². The number of nitrogens with two attached hydrogens (primary N) is 1. The van der Waals surface area contributed by atoms with Gasteiger partial charge < -0.3 is 11.1 Å². The fourth-order valence-electron chi connectivity index (χ4n) is 1.99. The van der Waals surface area contributed by atoms with Gasteiger partial charge in [0.15, 0.2) is 0 Å². The molecule has 4 nitrogen and oxygen atoms in total. The van der Waals surface area contributed by atoms with Gasteiger partial charge in [-0.1, -0.05) is 12.8 Å². The van der Waals surface area contributed by atoms with Crippen LogP contribution >= 0.6 is 11.3 Å². The number of amides is 1. The first-order chi connectivity index (χ1) is 8.75. The molecule has 1 fully saturated rings. The van der Waals surface area contributed by atoms with Gasteiger partial charge in [0.2, 0.25) is 0 Å². The molecule has 2 aromatic heterocycles. The highest BCUT2D eigenvalue weighted by atomic mass is 32.1. The molecular formula is C13H15N3OS. The Balaban J connectivity index is 1.75. The number of carbonyl (C=O) groups is 1. The van der Waals surface area contributed by atoms with Crippen molar-refractivity contribution in [3.05, 3.63) is 23.2 Å². The molecule has 0 atom stereocenters. The standard InChI is InChI=1S/C13H15N3OS/c14-10-11-9(2-1-6-15-11)18-12(10)13(17)16-7-5-8-3-4-8/h1-2,6,8H,3-5,7,14H2,(H,16,17). The molecule has 0 bridgehead atoms. The minimum atomic E-state index is -0.0730. The Bertz CT molecular complexity index is 589. The molecule has 0 aliphatic heterocycles. The van der Waals surface area contributed by atoms with E-state index in [4.69, 9.17) is 5.73 Å². The number of fused-ring (bicyclic) bond motifs is 1. The van der Waals surface area contributed by atoms with Crippen molar-refractivity contribution in [1.29, 1.82) is 0 Å². The summed E-state index contributed by atoms with van der Waals surface area (Å²) in [5.41, 5.74) is 7.20. The predicted octanol–water partition coefficient (Wildman–Crippen LogP) is 2.41. The molecule has 0 saturated heterocycles. The summed E-state index contributed by atoms with van der Waals surface area (Å²) in [6, 6.07) is 3.79. The first-order valence-electron chi connectivity index (χ1n) is 6.17. The van der Waals surface area contributed by atoms with E-state index in [2.05, 4.69) is 10.3 Å². The predicted molar refractivity (Wildman–Crippen MR) is 73.7 cm³/mol. The molecule has 94 valence electrons. The summed E-state index contributed by atoms with van der Waals surface area (Å²) in [4.78, 5) is 16.8. The number of aromatic nitrogens is 1. The number of pyridine rings is 1. The van der Waals surface area contributed by atoms with Gasteiger partial charge in [0.05, 0.1) is 10.4 Å². The van der Waals surface area contributed by atoms with Crippen LogP contribution in [0, 0.1) is 5.92 Å². The number of thiophene rings is 1. The number of nitrogens with zero attached hydrogens (tertiary/aromatic N) is 1. The number of hydrogen-bond donors (Lipinski definition) is 2. The van der Waals surface area contributed by atoms with E-state index in [1.807, 2.05) is 12.1 Å². The average molecular weight is 261 g/mol. The first-order valence-corrected chi connectivity index (χ1v) is 6.98. The molecule has 3 rings (SSSR count). The van der Waals surface area contributed by atoms with Crippen LogP contribution in [0.3, 0.4) is 0 Å². The highest BCUT2D eigenvalue weighted by Crippen LogP contribution is 2.33. The molecule has 18 heavy (non-hydrogen) atoms. The zero-order valence-corrected chi connectivity index (χ0v) is 10.8. The van der Waals surface area contributed by atoms with E-state index < -0.39 is 0 Å². The van der Waals surface area contributed by atoms with Crippen LogP contribution in [-0.2, 0) is 0 Å². The molecule has 0 unspecified atom stereocenters. The molecule has 2 heterocycles. The van der Waals surface area contributed by atoms with Gasteiger partial charge in [-0.25, -0.2) is 0 Å². The van der Waals surface area contributed by atoms with Crippen molar-refractivity contribution in [2.75, 3.05) is 12.3 Å². The van der Waals surface area contributed by atoms with Crippen molar-refractivity contribution in [2.24, 2.45) is 5.92 Å². The number of carbonyl (C=O) groups excluding carboxylic acids is 1. The van der Waals surface area contributed by atoms with Crippen molar-refractivity contribution < 1.29 is 4.79 Å². The zero-order chi connectivity index (χ0) is 12.5. The third-order valence-electron chi connectivity index (χ3n) is 3.22. The van der Waals surface area contributed by atoms with Gasteiger partial charge in [-0.2, -0.15) is 0 Å². The number of rotatable bonds is 4. The molecular weight excluding hydrogens is 246 g/mol. The normalized spacial score (nSPS) is 14.9. The summed E-state index contributed by atoms with van der Waals surface area (Å²) in [7, 11) is 0. The topological polar surface area (TPSA) is 68.0 Å². The fraction of sp³-hybridized carbons (Fsp3) is 0.385. The van der Waals surface area contributed by atoms with E-state index in [-0.39, 0.29) is 5.91 Å². The SMILES string of the molecule is Nc1c(C(=O)NCCC2CC2)sc2cccnc12. The Kier molecular flexibility index (Phi) is 2.91. The Morgan fingerprint density at radius 3 is 3.11 bits per heavy atom. The summed E-state index contributed by atoms with van der Waals surface area (Å²) in [6.07, 6.45) is 5.39. The molecule has 5 heteroatoms. The Morgan fingerprint density at radius 2 is 2.39 bits per heavy atom. The van der Waals surface area contributed by atoms with Gasteiger partial charge in [-0.3, -0.25) is 9.78 Å². The van der Waals surface area contributed by atoms with Gasteiger partial charge >= 0.3 is 0 Å². The monoisotopic (exact) mass is 261 g/mol. The number of hydrogen-bond acceptors (Lipinski definition) is 4. The quantitative estimate of drug-likeness (QED) is 0.888. The van der Waals surface area contributed by atoms with Crippen molar-refractivity contribution in [3.63, 3.8) is 0 Å². The molecule has 2 aromatic rings. The highest BCUT2D eigenvalue weighted by Gasteiger charge is 2.21. The van der Waals surface area contributed by atoms with Gasteiger partial charge in [-0.05, 0) is 24.5 Å². The van der Waals surface area contributed by atoms with E-state index in [0.717, 1.165) is 29.1 Å². The van der Waals surface area contributed by atoms with Crippen LogP contribution < -0.4 is 11.1 Å². The molecule has 1 amide bonds. The van der Waals surface area contributed by atoms with Crippen molar-refractivity contribution in [2.45, 2.75) is 19.3 Å². The second kappa shape index (κ2) is 4.57. The minimum Gasteiger partial charge on any atom is -0.396 e. The second-order valence-electron chi connectivity index (χ2n) is 4.68. The fourth-order valence-corrected chi connectivity index (χ4v) is 2.99. The van der Waals surface area contributed by atoms with E-state index in [9.17, 15) is 4.79 Å². The largest absolute Gasteiger partial charge is 0.396 e. The van der Waals surface area contributed by atoms with Crippen LogP contribution in [0.25, 0.3) is 10.2 Å². The van der Waals surface area contributed by atoms with Gasteiger partial charge in [-0.15, -0.1) is 11.3 Å². The Morgan fingerprint density at radius 1 is 1.56 bits per heavy atom. The molecule has 0 radical (unpaired) electrons. The Labute approximate surface area is 109 Å². The lowest BCUT2D eigenvalue weighted by atomic mass is 10.3. The summed E-state index contributed by atoms with van der Waals surface area (Å²) in [5, 5.41) is 2.94. The van der Waals surface area contributed by atoms with E-state index in [1.54, 1.807) is 6.20 Å². The first kappa shape index (κ1) is 11.5. The minimum absolute atomic E-state index is 0.0730. The van der Waals surface area contributed by atoms with E-state index in [1.165, 1.54) is 24.2 Å². The summed E-state index contributed by atoms with van der Waals surface area (Å²) < 4.78 is 0.961. The van der Waals surface area contributed by atoms with Crippen LogP contribution in [0.15, 0.2) is 18.3 Å². The molecule has 1 saturated carbocycles. The summed E-state index contributed by atoms with van der Waals surface area (Å²) in [6.45, 7) is 0.741. The van der Waals surface area contributed by atoms with Gasteiger partial charge in [0, 0.05) is 12.7 Å². The number of nitrogens with one attached hydrogen (secondary N) is 1. The third-order valence-corrected chi connectivity index (χ3v) is 4.38. The summed E-state index contributed by atoms with van der Waals surface area (Å²) >= 11 is 1.41. The number of anilines is 1. The lowest BCUT2D eigenvalue weighted by Gasteiger charge is -2.03. The maximum absolute atomic E-state index is 12.0. The maximum atomic E-state index is 12.0. The smallest absolute Gasteiger partial charge is 0.263 e. The van der Waals surface area contributed by atoms with Crippen molar-refractivity contribution in [1.82, 2.24) is 10.3 Å². The van der Waals surface area contributed by atoms with Crippen molar-refractivity contribution in [3.8, 4) is 0 Å². The lowest BCUT2D eigenvalue weighted by Crippen LogP contribution is -2.24. The third kappa shape index (κ3) is 2.18. The Hall–Kier alpha value is -1.62. The van der Waals surface area contributed by atoms with Crippen molar-refractivity contribution >= 4 is 33.1 Å². The maximum Gasteiger partial charge on any atom is 0.263 e. The number of nitrogen functional groups attached to an aromatic ring is 1. The molecule has 1 aliphatic rings. The average Bonchev–Trinajstić information content (AvgIpc) is 3.14. The van der Waals surface area contributed by atoms with E-state index in [0.29, 0.717) is 10.6 Å². The highest BCUT2D eigenvalue weighted by molar-refractivity contribution is 7.21. The molecule has 0 spiro atoms. The second-order valence-corrected chi connectivity index (χ2v) is 5.74. The molecule has 0 aromatic carbocycles. The molecule has 1 aliphatic carbocycles. The zero-order valence-electron chi connectivity index (χ0n) is 9.98. The summed E-state index contributed by atoms with van der Waals surface area (Å²) in [5.74, 6) is 0.753. The lowest BCUT2D eigenvalue weighted by molar-refractivity contribution is 0.0957.